The highest BCUT2D eigenvalue weighted by Gasteiger charge is 2.32. The molecule has 0 atom stereocenters. The summed E-state index contributed by atoms with van der Waals surface area (Å²) in [4.78, 5) is 25.1. The lowest BCUT2D eigenvalue weighted by molar-refractivity contribution is -0.137. The molecule has 0 aliphatic carbocycles. The number of carbonyl (C=O) groups excluding carboxylic acids is 1. The highest BCUT2D eigenvalue weighted by molar-refractivity contribution is 9.10. The Kier molecular flexibility index (Phi) is 7.52. The summed E-state index contributed by atoms with van der Waals surface area (Å²) in [6, 6.07) is 13.2. The molecular formula is C21H18BrNO5S2. The quantitative estimate of drug-likeness (QED) is 0.409. The Hall–Kier alpha value is -2.36. The molecule has 1 N–H and O–H groups in total. The van der Waals surface area contributed by atoms with Crippen molar-refractivity contribution < 1.29 is 24.2 Å². The van der Waals surface area contributed by atoms with Crippen LogP contribution < -0.4 is 9.47 Å². The van der Waals surface area contributed by atoms with Crippen molar-refractivity contribution in [3.8, 4) is 11.5 Å². The van der Waals surface area contributed by atoms with Gasteiger partial charge in [0.15, 0.2) is 11.5 Å². The Morgan fingerprint density at radius 2 is 2.07 bits per heavy atom. The van der Waals surface area contributed by atoms with Crippen molar-refractivity contribution in [2.75, 3.05) is 13.7 Å². The summed E-state index contributed by atoms with van der Waals surface area (Å²) in [6.07, 6.45) is 1.55. The van der Waals surface area contributed by atoms with Crippen LogP contribution in [-0.2, 0) is 16.2 Å². The van der Waals surface area contributed by atoms with E-state index in [0.29, 0.717) is 27.3 Å². The largest absolute Gasteiger partial charge is 0.493 e. The van der Waals surface area contributed by atoms with Crippen LogP contribution in [-0.4, -0.2) is 39.9 Å². The van der Waals surface area contributed by atoms with Crippen LogP contribution in [0.2, 0.25) is 0 Å². The van der Waals surface area contributed by atoms with E-state index in [-0.39, 0.29) is 18.9 Å². The van der Waals surface area contributed by atoms with E-state index in [4.69, 9.17) is 26.8 Å². The fourth-order valence-corrected chi connectivity index (χ4v) is 4.49. The first-order valence-electron chi connectivity index (χ1n) is 8.90. The highest BCUT2D eigenvalue weighted by Crippen LogP contribution is 2.35. The monoisotopic (exact) mass is 507 g/mol. The summed E-state index contributed by atoms with van der Waals surface area (Å²) in [5.41, 5.74) is 1.76. The lowest BCUT2D eigenvalue weighted by atomic mass is 10.1. The number of benzene rings is 2. The third-order valence-electron chi connectivity index (χ3n) is 4.19. The van der Waals surface area contributed by atoms with E-state index in [9.17, 15) is 9.59 Å². The topological polar surface area (TPSA) is 76.1 Å². The fraction of sp³-hybridized carbons (Fsp3) is 0.190. The predicted molar refractivity (Wildman–Crippen MR) is 124 cm³/mol. The minimum atomic E-state index is -0.976. The van der Waals surface area contributed by atoms with E-state index in [0.717, 1.165) is 27.4 Å². The van der Waals surface area contributed by atoms with Gasteiger partial charge in [0.25, 0.3) is 5.91 Å². The Bertz CT molecular complexity index is 1020. The molecule has 30 heavy (non-hydrogen) atoms. The standard InChI is InChI=1S/C21H18BrNO5S2/c1-27-17-10-13(5-6-16(17)28-12-14-3-2-4-15(22)9-14)11-18-20(26)23(21(29)30-18)8-7-19(24)25/h2-6,9-11H,7-8,12H2,1H3,(H,24,25)/b18-11+. The lowest BCUT2D eigenvalue weighted by Crippen LogP contribution is -2.30. The molecule has 9 heteroatoms. The maximum Gasteiger partial charge on any atom is 0.305 e. The van der Waals surface area contributed by atoms with Gasteiger partial charge in [0.05, 0.1) is 18.4 Å². The van der Waals surface area contributed by atoms with E-state index >= 15 is 0 Å². The van der Waals surface area contributed by atoms with Gasteiger partial charge >= 0.3 is 5.97 Å². The molecule has 3 rings (SSSR count). The first kappa shape index (κ1) is 22.3. The second-order valence-electron chi connectivity index (χ2n) is 6.31. The number of halogens is 1. The molecule has 6 nitrogen and oxygen atoms in total. The summed E-state index contributed by atoms with van der Waals surface area (Å²) in [6.45, 7) is 0.445. The second-order valence-corrected chi connectivity index (χ2v) is 8.90. The van der Waals surface area contributed by atoms with Crippen molar-refractivity contribution in [1.82, 2.24) is 4.90 Å². The highest BCUT2D eigenvalue weighted by atomic mass is 79.9. The smallest absolute Gasteiger partial charge is 0.305 e. The van der Waals surface area contributed by atoms with Gasteiger partial charge in [0.2, 0.25) is 0 Å². The maximum atomic E-state index is 12.5. The molecule has 0 saturated carbocycles. The normalized spacial score (nSPS) is 15.0. The van der Waals surface area contributed by atoms with Gasteiger partial charge in [-0.3, -0.25) is 14.5 Å². The van der Waals surface area contributed by atoms with Gasteiger partial charge in [-0.05, 0) is 41.5 Å². The van der Waals surface area contributed by atoms with Crippen molar-refractivity contribution in [2.24, 2.45) is 0 Å². The number of carboxylic acids is 1. The minimum Gasteiger partial charge on any atom is -0.493 e. The minimum absolute atomic E-state index is 0.0586. The summed E-state index contributed by atoms with van der Waals surface area (Å²) >= 11 is 9.80. The lowest BCUT2D eigenvalue weighted by Gasteiger charge is -2.12. The van der Waals surface area contributed by atoms with Crippen molar-refractivity contribution in [2.45, 2.75) is 13.0 Å². The van der Waals surface area contributed by atoms with Crippen molar-refractivity contribution in [1.29, 1.82) is 0 Å². The molecular weight excluding hydrogens is 490 g/mol. The third-order valence-corrected chi connectivity index (χ3v) is 6.06. The maximum absolute atomic E-state index is 12.5. The molecule has 1 aliphatic heterocycles. The molecule has 0 spiro atoms. The van der Waals surface area contributed by atoms with Gasteiger partial charge in [-0.15, -0.1) is 0 Å². The molecule has 1 heterocycles. The van der Waals surface area contributed by atoms with Crippen LogP contribution in [0.5, 0.6) is 11.5 Å². The van der Waals surface area contributed by atoms with E-state index in [1.165, 1.54) is 4.90 Å². The summed E-state index contributed by atoms with van der Waals surface area (Å²) < 4.78 is 12.7. The van der Waals surface area contributed by atoms with Crippen LogP contribution in [0.3, 0.4) is 0 Å². The number of aliphatic carboxylic acids is 1. The molecule has 1 saturated heterocycles. The number of rotatable bonds is 8. The van der Waals surface area contributed by atoms with E-state index in [1.807, 2.05) is 30.3 Å². The molecule has 0 bridgehead atoms. The molecule has 1 fully saturated rings. The number of hydrogen-bond donors (Lipinski definition) is 1. The Morgan fingerprint density at radius 3 is 2.77 bits per heavy atom. The summed E-state index contributed by atoms with van der Waals surface area (Å²) in [5, 5.41) is 8.83. The number of nitrogens with zero attached hydrogens (tertiary/aromatic N) is 1. The Morgan fingerprint density at radius 1 is 1.27 bits per heavy atom. The number of carboxylic acid groups (broad SMARTS) is 1. The summed E-state index contributed by atoms with van der Waals surface area (Å²) in [7, 11) is 1.55. The first-order valence-corrected chi connectivity index (χ1v) is 10.9. The molecule has 2 aromatic rings. The molecule has 0 aromatic heterocycles. The molecule has 0 unspecified atom stereocenters. The number of amides is 1. The van der Waals surface area contributed by atoms with Crippen molar-refractivity contribution in [3.63, 3.8) is 0 Å². The van der Waals surface area contributed by atoms with Crippen LogP contribution in [0.4, 0.5) is 0 Å². The Balaban J connectivity index is 1.73. The van der Waals surface area contributed by atoms with Gasteiger partial charge in [0.1, 0.15) is 10.9 Å². The number of thiocarbonyl (C=S) groups is 1. The average molecular weight is 508 g/mol. The van der Waals surface area contributed by atoms with Gasteiger partial charge in [-0.1, -0.05) is 58.1 Å². The third kappa shape index (κ3) is 5.62. The number of hydrogen-bond acceptors (Lipinski definition) is 6. The second kappa shape index (κ2) is 10.1. The van der Waals surface area contributed by atoms with Crippen molar-refractivity contribution in [3.05, 3.63) is 63.0 Å². The SMILES string of the molecule is COc1cc(/C=C2/SC(=S)N(CCC(=O)O)C2=O)ccc1OCc1cccc(Br)c1. The van der Waals surface area contributed by atoms with Gasteiger partial charge in [-0.2, -0.15) is 0 Å². The molecule has 2 aromatic carbocycles. The number of methoxy groups -OCH3 is 1. The van der Waals surface area contributed by atoms with Crippen LogP contribution in [0.25, 0.3) is 6.08 Å². The van der Waals surface area contributed by atoms with E-state index < -0.39 is 5.97 Å². The summed E-state index contributed by atoms with van der Waals surface area (Å²) in [5.74, 6) is -0.139. The van der Waals surface area contributed by atoms with Crippen LogP contribution in [0, 0.1) is 0 Å². The Labute approximate surface area is 192 Å². The van der Waals surface area contributed by atoms with Crippen LogP contribution >= 0.6 is 39.9 Å². The zero-order chi connectivity index (χ0) is 21.7. The number of carbonyl (C=O) groups is 2. The first-order chi connectivity index (χ1) is 14.4. The van der Waals surface area contributed by atoms with Gasteiger partial charge in [-0.25, -0.2) is 0 Å². The van der Waals surface area contributed by atoms with E-state index in [1.54, 1.807) is 25.3 Å². The van der Waals surface area contributed by atoms with Gasteiger partial charge in [0, 0.05) is 11.0 Å². The molecule has 1 amide bonds. The number of thioether (sulfide) groups is 1. The predicted octanol–water partition coefficient (Wildman–Crippen LogP) is 4.71. The van der Waals surface area contributed by atoms with E-state index in [2.05, 4.69) is 15.9 Å². The van der Waals surface area contributed by atoms with Crippen LogP contribution in [0.1, 0.15) is 17.5 Å². The molecule has 0 radical (unpaired) electrons. The van der Waals surface area contributed by atoms with Gasteiger partial charge < -0.3 is 14.6 Å². The average Bonchev–Trinajstić information content (AvgIpc) is 2.97. The van der Waals surface area contributed by atoms with Crippen molar-refractivity contribution >= 4 is 62.2 Å². The van der Waals surface area contributed by atoms with Crippen LogP contribution in [0.15, 0.2) is 51.8 Å². The molecule has 156 valence electrons. The number of ether oxygens (including phenoxy) is 2. The zero-order valence-electron chi connectivity index (χ0n) is 16.0. The fourth-order valence-electron chi connectivity index (χ4n) is 2.73. The zero-order valence-corrected chi connectivity index (χ0v) is 19.2. The molecule has 1 aliphatic rings.